The number of para-hydroxylation sites is 1. The number of hydrogen-bond donors (Lipinski definition) is 0. The minimum absolute atomic E-state index is 0.0162. The summed E-state index contributed by atoms with van der Waals surface area (Å²) in [4.78, 5) is 20.5. The largest absolute Gasteiger partial charge is 0.490 e. The molecule has 8 heteroatoms. The Hall–Kier alpha value is -2.84. The summed E-state index contributed by atoms with van der Waals surface area (Å²) in [6, 6.07) is 9.56. The molecule has 0 saturated carbocycles. The molecule has 0 radical (unpaired) electrons. The highest BCUT2D eigenvalue weighted by molar-refractivity contribution is 7.22. The number of ether oxygens (including phenoxy) is 4. The van der Waals surface area contributed by atoms with Gasteiger partial charge < -0.3 is 18.9 Å². The summed E-state index contributed by atoms with van der Waals surface area (Å²) in [5, 5.41) is 0.662. The van der Waals surface area contributed by atoms with Gasteiger partial charge in [0.1, 0.15) is 0 Å². The molecule has 1 atom stereocenters. The molecule has 182 valence electrons. The number of rotatable bonds is 10. The van der Waals surface area contributed by atoms with E-state index < -0.39 is 0 Å². The number of nitrogens with zero attached hydrogens (tertiary/aromatic N) is 2. The molecule has 4 rings (SSSR count). The average Bonchev–Trinajstić information content (AvgIpc) is 3.50. The average molecular weight is 485 g/mol. The second-order valence-corrected chi connectivity index (χ2v) is 9.08. The number of amides is 1. The Morgan fingerprint density at radius 2 is 1.82 bits per heavy atom. The number of anilines is 1. The fourth-order valence-electron chi connectivity index (χ4n) is 4.10. The van der Waals surface area contributed by atoms with Crippen LogP contribution in [0.15, 0.2) is 30.3 Å². The van der Waals surface area contributed by atoms with Gasteiger partial charge >= 0.3 is 0 Å². The van der Waals surface area contributed by atoms with Crippen molar-refractivity contribution in [1.29, 1.82) is 0 Å². The summed E-state index contributed by atoms with van der Waals surface area (Å²) >= 11 is 1.52. The molecule has 1 unspecified atom stereocenters. The minimum atomic E-state index is -0.169. The van der Waals surface area contributed by atoms with E-state index in [9.17, 15) is 4.79 Å². The van der Waals surface area contributed by atoms with Crippen molar-refractivity contribution in [2.24, 2.45) is 0 Å². The van der Waals surface area contributed by atoms with Crippen LogP contribution < -0.4 is 19.1 Å². The van der Waals surface area contributed by atoms with Crippen molar-refractivity contribution in [3.63, 3.8) is 0 Å². The van der Waals surface area contributed by atoms with Crippen LogP contribution >= 0.6 is 11.3 Å². The molecule has 7 nitrogen and oxygen atoms in total. The molecular formula is C26H32N2O5S. The Bertz CT molecular complexity index is 1110. The molecule has 0 aliphatic carbocycles. The monoisotopic (exact) mass is 484 g/mol. The highest BCUT2D eigenvalue weighted by Gasteiger charge is 2.29. The lowest BCUT2D eigenvalue weighted by Gasteiger charge is -2.24. The van der Waals surface area contributed by atoms with Crippen LogP contribution in [0.1, 0.15) is 49.5 Å². The molecule has 2 heterocycles. The third-order valence-corrected chi connectivity index (χ3v) is 6.70. The predicted octanol–water partition coefficient (Wildman–Crippen LogP) is 5.63. The van der Waals surface area contributed by atoms with Crippen molar-refractivity contribution in [1.82, 2.24) is 4.98 Å². The van der Waals surface area contributed by atoms with Gasteiger partial charge in [-0.15, -0.1) is 0 Å². The highest BCUT2D eigenvalue weighted by atomic mass is 32.1. The first-order valence-corrected chi connectivity index (χ1v) is 12.7. The van der Waals surface area contributed by atoms with Crippen molar-refractivity contribution < 1.29 is 23.7 Å². The molecule has 1 saturated heterocycles. The van der Waals surface area contributed by atoms with Crippen molar-refractivity contribution in [3.05, 3.63) is 41.5 Å². The summed E-state index contributed by atoms with van der Waals surface area (Å²) in [6.07, 6.45) is 1.90. The van der Waals surface area contributed by atoms with Gasteiger partial charge in [0.25, 0.3) is 5.91 Å². The third kappa shape index (κ3) is 5.13. The summed E-state index contributed by atoms with van der Waals surface area (Å²) in [7, 11) is 0. The zero-order chi connectivity index (χ0) is 24.1. The topological polar surface area (TPSA) is 70.1 Å². The number of carbonyl (C=O) groups is 1. The van der Waals surface area contributed by atoms with Gasteiger partial charge in [0.2, 0.25) is 5.75 Å². The van der Waals surface area contributed by atoms with E-state index in [1.54, 1.807) is 17.0 Å². The number of fused-ring (bicyclic) bond motifs is 1. The normalized spacial score (nSPS) is 15.5. The van der Waals surface area contributed by atoms with Gasteiger partial charge in [-0.05, 0) is 64.3 Å². The first-order valence-electron chi connectivity index (χ1n) is 11.9. The summed E-state index contributed by atoms with van der Waals surface area (Å²) in [5.41, 5.74) is 2.47. The Kier molecular flexibility index (Phi) is 7.90. The van der Waals surface area contributed by atoms with Crippen molar-refractivity contribution in [2.45, 2.75) is 46.6 Å². The maximum atomic E-state index is 14.0. The first-order chi connectivity index (χ1) is 16.5. The molecule has 1 fully saturated rings. The van der Waals surface area contributed by atoms with Gasteiger partial charge in [0.15, 0.2) is 16.6 Å². The van der Waals surface area contributed by atoms with Gasteiger partial charge in [-0.1, -0.05) is 23.5 Å². The lowest BCUT2D eigenvalue weighted by molar-refractivity contribution is 0.0916. The van der Waals surface area contributed by atoms with E-state index in [0.29, 0.717) is 54.3 Å². The molecule has 1 aliphatic heterocycles. The molecule has 1 amide bonds. The van der Waals surface area contributed by atoms with Crippen LogP contribution in [0.3, 0.4) is 0 Å². The summed E-state index contributed by atoms with van der Waals surface area (Å²) < 4.78 is 24.4. The number of aryl methyl sites for hydroxylation is 1. The van der Waals surface area contributed by atoms with E-state index >= 15 is 0 Å². The Morgan fingerprint density at radius 3 is 2.41 bits per heavy atom. The minimum Gasteiger partial charge on any atom is -0.490 e. The van der Waals surface area contributed by atoms with Crippen molar-refractivity contribution in [2.75, 3.05) is 37.9 Å². The number of hydrogen-bond acceptors (Lipinski definition) is 7. The second-order valence-electron chi connectivity index (χ2n) is 8.07. The molecule has 2 aromatic carbocycles. The molecule has 0 spiro atoms. The van der Waals surface area contributed by atoms with E-state index in [1.807, 2.05) is 45.9 Å². The Labute approximate surface area is 204 Å². The van der Waals surface area contributed by atoms with Gasteiger partial charge in [-0.3, -0.25) is 9.69 Å². The maximum Gasteiger partial charge on any atom is 0.260 e. The van der Waals surface area contributed by atoms with Crippen LogP contribution in [-0.4, -0.2) is 50.0 Å². The van der Waals surface area contributed by atoms with E-state index in [-0.39, 0.29) is 12.0 Å². The van der Waals surface area contributed by atoms with Crippen LogP contribution in [0.5, 0.6) is 17.2 Å². The SMILES string of the molecule is CCOc1cc(C(=O)N(CC2CCCO2)c2nc3c(C)cccc3s2)cc(OCC)c1OCC. The second kappa shape index (κ2) is 11.1. The van der Waals surface area contributed by atoms with Crippen LogP contribution in [0.4, 0.5) is 5.13 Å². The molecule has 34 heavy (non-hydrogen) atoms. The van der Waals surface area contributed by atoms with Gasteiger partial charge in [-0.2, -0.15) is 0 Å². The maximum absolute atomic E-state index is 14.0. The molecule has 1 aromatic heterocycles. The molecule has 3 aromatic rings. The quantitative estimate of drug-likeness (QED) is 0.372. The summed E-state index contributed by atoms with van der Waals surface area (Å²) in [6.45, 7) is 10.3. The van der Waals surface area contributed by atoms with E-state index in [1.165, 1.54) is 11.3 Å². The highest BCUT2D eigenvalue weighted by Crippen LogP contribution is 2.40. The van der Waals surface area contributed by atoms with Crippen LogP contribution in [0.25, 0.3) is 10.2 Å². The smallest absolute Gasteiger partial charge is 0.260 e. The van der Waals surface area contributed by atoms with Gasteiger partial charge in [0.05, 0.1) is 42.7 Å². The van der Waals surface area contributed by atoms with E-state index in [2.05, 4.69) is 0 Å². The Morgan fingerprint density at radius 1 is 1.12 bits per heavy atom. The van der Waals surface area contributed by atoms with Gasteiger partial charge in [-0.25, -0.2) is 4.98 Å². The fraction of sp³-hybridized carbons (Fsp3) is 0.462. The standard InChI is InChI=1S/C26H32N2O5S/c1-5-30-20-14-18(15-21(31-6-2)24(20)32-7-3)25(29)28(16-19-11-9-13-33-19)26-27-23-17(4)10-8-12-22(23)34-26/h8,10,12,14-15,19H,5-7,9,11,13,16H2,1-4H3. The zero-order valence-corrected chi connectivity index (χ0v) is 21.1. The lowest BCUT2D eigenvalue weighted by atomic mass is 10.1. The first kappa shape index (κ1) is 24.3. The summed E-state index contributed by atoms with van der Waals surface area (Å²) in [5.74, 6) is 1.34. The van der Waals surface area contributed by atoms with Crippen LogP contribution in [0, 0.1) is 6.92 Å². The number of benzene rings is 2. The molecular weight excluding hydrogens is 452 g/mol. The van der Waals surface area contributed by atoms with Gasteiger partial charge in [0, 0.05) is 12.2 Å². The lowest BCUT2D eigenvalue weighted by Crippen LogP contribution is -2.37. The number of thiazole rings is 1. The molecule has 0 bridgehead atoms. The van der Waals surface area contributed by atoms with E-state index in [0.717, 1.165) is 35.2 Å². The number of aromatic nitrogens is 1. The van der Waals surface area contributed by atoms with E-state index in [4.69, 9.17) is 23.9 Å². The molecule has 0 N–H and O–H groups in total. The number of carbonyl (C=O) groups excluding carboxylic acids is 1. The molecule has 1 aliphatic rings. The van der Waals surface area contributed by atoms with Crippen LogP contribution in [-0.2, 0) is 4.74 Å². The van der Waals surface area contributed by atoms with Crippen molar-refractivity contribution >= 4 is 32.6 Å². The van der Waals surface area contributed by atoms with Crippen LogP contribution in [0.2, 0.25) is 0 Å². The van der Waals surface area contributed by atoms with Crippen molar-refractivity contribution in [3.8, 4) is 17.2 Å². The Balaban J connectivity index is 1.77. The fourth-order valence-corrected chi connectivity index (χ4v) is 5.15. The predicted molar refractivity (Wildman–Crippen MR) is 135 cm³/mol. The zero-order valence-electron chi connectivity index (χ0n) is 20.3. The third-order valence-electron chi connectivity index (χ3n) is 5.65.